The van der Waals surface area contributed by atoms with Crippen molar-refractivity contribution in [3.8, 4) is 0 Å². The molecule has 7 unspecified atom stereocenters. The maximum atomic E-state index is 13.8. The number of hydrogen-bond acceptors (Lipinski definition) is 8. The minimum atomic E-state index is -6.62. The molecule has 232 valence electrons. The maximum absolute atomic E-state index is 13.8. The van der Waals surface area contributed by atoms with E-state index in [1.165, 1.54) is 0 Å². The normalized spacial score (nSPS) is 35.9. The number of ketones is 3. The molecule has 0 aromatic carbocycles. The molecule has 4 saturated carbocycles. The van der Waals surface area contributed by atoms with E-state index in [0.717, 1.165) is 0 Å². The smallest absolute Gasteiger partial charge is 0.743 e. The van der Waals surface area contributed by atoms with Gasteiger partial charge in [0, 0.05) is 43.4 Å². The van der Waals surface area contributed by atoms with Gasteiger partial charge in [0.05, 0.1) is 13.0 Å². The van der Waals surface area contributed by atoms with Crippen molar-refractivity contribution < 1.29 is 84.0 Å². The van der Waals surface area contributed by atoms with E-state index in [-0.39, 0.29) is 107 Å². The van der Waals surface area contributed by atoms with Crippen molar-refractivity contribution in [2.24, 2.45) is 46.3 Å². The van der Waals surface area contributed by atoms with E-state index in [1.54, 1.807) is 0 Å². The second-order valence-electron chi connectivity index (χ2n) is 13.1. The van der Waals surface area contributed by atoms with Gasteiger partial charge in [-0.1, -0.05) is 20.8 Å². The summed E-state index contributed by atoms with van der Waals surface area (Å²) in [4.78, 5) is 51.6. The van der Waals surface area contributed by atoms with E-state index in [1.807, 2.05) is 13.8 Å². The van der Waals surface area contributed by atoms with Crippen LogP contribution in [0.5, 0.6) is 0 Å². The molecule has 0 aliphatic heterocycles. The number of hydrogen-bond donors (Lipinski definition) is 0. The molecular formula is C28H37F4NaO8S. The molecule has 4 aliphatic rings. The first-order valence-electron chi connectivity index (χ1n) is 14.2. The number of Topliss-reactive ketones (excluding diaryl/α,β-unsaturated/α-hetero) is 3. The van der Waals surface area contributed by atoms with Crippen molar-refractivity contribution in [1.82, 2.24) is 0 Å². The molecule has 0 radical (unpaired) electrons. The molecule has 8 atom stereocenters. The van der Waals surface area contributed by atoms with Crippen molar-refractivity contribution >= 4 is 33.4 Å². The number of carbonyl (C=O) groups excluding carboxylic acids is 4. The largest absolute Gasteiger partial charge is 1.00 e. The Morgan fingerprint density at radius 3 is 2.33 bits per heavy atom. The third-order valence-electron chi connectivity index (χ3n) is 11.1. The summed E-state index contributed by atoms with van der Waals surface area (Å²) in [6, 6.07) is 0. The van der Waals surface area contributed by atoms with Crippen LogP contribution in [0.2, 0.25) is 0 Å². The first-order valence-corrected chi connectivity index (χ1v) is 15.6. The van der Waals surface area contributed by atoms with Crippen LogP contribution in [-0.4, -0.2) is 54.1 Å². The Kier molecular flexibility index (Phi) is 10.3. The zero-order valence-corrected chi connectivity index (χ0v) is 27.2. The number of fused-ring (bicyclic) bond motifs is 5. The standard InChI is InChI=1S/C28H38F4O8S.Na/c1-15(4-7-23(36)40-11-10-27(29,30)28(31,32)41(37,38)39)18-5-6-19-24-20(14-22(35)26(18,19)3)25(2)9-8-17(33)12-16(25)13-21(24)34;/h15-16,18-20,24H,4-14H2,1-3H3,(H,37,38,39);/q;+1/p-1/t15-,16?,18?,19?,20?,24?,25?,26?;/m1./s1. The summed E-state index contributed by atoms with van der Waals surface area (Å²) in [5.74, 6) is -6.63. The van der Waals surface area contributed by atoms with Gasteiger partial charge in [0.15, 0.2) is 10.1 Å². The van der Waals surface area contributed by atoms with Gasteiger partial charge in [0.1, 0.15) is 17.3 Å². The molecule has 0 spiro atoms. The molecule has 0 N–H and O–H groups in total. The Morgan fingerprint density at radius 1 is 1.07 bits per heavy atom. The Balaban J connectivity index is 0.00000484. The second-order valence-corrected chi connectivity index (χ2v) is 14.5. The van der Waals surface area contributed by atoms with Gasteiger partial charge in [-0.2, -0.15) is 17.6 Å². The van der Waals surface area contributed by atoms with Crippen molar-refractivity contribution in [2.75, 3.05) is 6.61 Å². The average molecular weight is 633 g/mol. The molecule has 4 fully saturated rings. The number of rotatable bonds is 9. The fourth-order valence-electron chi connectivity index (χ4n) is 8.63. The number of alkyl halides is 4. The minimum Gasteiger partial charge on any atom is -0.743 e. The second kappa shape index (κ2) is 12.1. The number of carbonyl (C=O) groups is 4. The molecular weight excluding hydrogens is 595 g/mol. The Bertz CT molecular complexity index is 1230. The van der Waals surface area contributed by atoms with E-state index >= 15 is 0 Å². The molecule has 14 heteroatoms. The summed E-state index contributed by atoms with van der Waals surface area (Å²) in [5, 5.41) is -5.84. The number of esters is 1. The van der Waals surface area contributed by atoms with Crippen LogP contribution in [0.25, 0.3) is 0 Å². The summed E-state index contributed by atoms with van der Waals surface area (Å²) >= 11 is 0. The molecule has 42 heavy (non-hydrogen) atoms. The van der Waals surface area contributed by atoms with Gasteiger partial charge in [-0.15, -0.1) is 0 Å². The van der Waals surface area contributed by atoms with E-state index in [9.17, 15) is 49.7 Å². The van der Waals surface area contributed by atoms with Crippen LogP contribution >= 0.6 is 0 Å². The summed E-state index contributed by atoms with van der Waals surface area (Å²) in [7, 11) is -6.62. The Labute approximate surface area is 265 Å². The molecule has 0 aromatic heterocycles. The van der Waals surface area contributed by atoms with Crippen molar-refractivity contribution in [3.05, 3.63) is 0 Å². The topological polar surface area (TPSA) is 135 Å². The monoisotopic (exact) mass is 632 g/mol. The summed E-state index contributed by atoms with van der Waals surface area (Å²) in [5.41, 5.74) is -1.01. The predicted molar refractivity (Wildman–Crippen MR) is 135 cm³/mol. The molecule has 0 amide bonds. The summed E-state index contributed by atoms with van der Waals surface area (Å²) in [6.07, 6.45) is 1.64. The quantitative estimate of drug-likeness (QED) is 0.162. The van der Waals surface area contributed by atoms with E-state index < -0.39 is 45.7 Å². The number of halogens is 4. The molecule has 4 aliphatic carbocycles. The average Bonchev–Trinajstić information content (AvgIpc) is 3.22. The van der Waals surface area contributed by atoms with Gasteiger partial charge in [-0.3, -0.25) is 19.2 Å². The Hall–Kier alpha value is -0.890. The van der Waals surface area contributed by atoms with E-state index in [4.69, 9.17) is 0 Å². The number of ether oxygens (including phenoxy) is 1. The first kappa shape index (κ1) is 35.6. The van der Waals surface area contributed by atoms with E-state index in [2.05, 4.69) is 11.7 Å². The SMILES string of the molecule is C[C@H](CCC(=O)OCCC(F)(F)C(F)(F)S(=O)(=O)[O-])C1CCC2C3C(=O)CC4CC(=O)CCC4(C)C3CC(=O)C21C.[Na+]. The summed E-state index contributed by atoms with van der Waals surface area (Å²) < 4.78 is 89.8. The van der Waals surface area contributed by atoms with Crippen LogP contribution in [0.15, 0.2) is 0 Å². The first-order chi connectivity index (χ1) is 18.8. The third kappa shape index (κ3) is 5.90. The Morgan fingerprint density at radius 2 is 1.71 bits per heavy atom. The van der Waals surface area contributed by atoms with Gasteiger partial charge in [0.2, 0.25) is 0 Å². The van der Waals surface area contributed by atoms with Crippen molar-refractivity contribution in [2.45, 2.75) is 96.2 Å². The van der Waals surface area contributed by atoms with Crippen LogP contribution in [0.1, 0.15) is 85.0 Å². The third-order valence-corrected chi connectivity index (χ3v) is 12.1. The van der Waals surface area contributed by atoms with Gasteiger partial charge in [-0.25, -0.2) is 8.42 Å². The van der Waals surface area contributed by atoms with E-state index in [0.29, 0.717) is 38.5 Å². The predicted octanol–water partition coefficient (Wildman–Crippen LogP) is 1.70. The van der Waals surface area contributed by atoms with Crippen molar-refractivity contribution in [3.63, 3.8) is 0 Å². The van der Waals surface area contributed by atoms with Gasteiger partial charge < -0.3 is 9.29 Å². The molecule has 0 aromatic rings. The molecule has 8 nitrogen and oxygen atoms in total. The molecule has 0 bridgehead atoms. The molecule has 4 rings (SSSR count). The van der Waals surface area contributed by atoms with Gasteiger partial charge in [0.25, 0.3) is 0 Å². The fraction of sp³-hybridized carbons (Fsp3) is 0.857. The minimum absolute atomic E-state index is 0. The zero-order chi connectivity index (χ0) is 30.8. The van der Waals surface area contributed by atoms with Gasteiger partial charge in [-0.05, 0) is 60.7 Å². The van der Waals surface area contributed by atoms with Gasteiger partial charge >= 0.3 is 46.7 Å². The van der Waals surface area contributed by atoms with Crippen LogP contribution < -0.4 is 29.6 Å². The summed E-state index contributed by atoms with van der Waals surface area (Å²) in [6.45, 7) is 4.69. The van der Waals surface area contributed by atoms with Crippen LogP contribution in [-0.2, 0) is 34.0 Å². The van der Waals surface area contributed by atoms with Crippen LogP contribution in [0.4, 0.5) is 17.6 Å². The van der Waals surface area contributed by atoms with Crippen molar-refractivity contribution in [1.29, 1.82) is 0 Å². The zero-order valence-electron chi connectivity index (χ0n) is 24.4. The maximum Gasteiger partial charge on any atom is 1.00 e. The van der Waals surface area contributed by atoms with Crippen LogP contribution in [0, 0.1) is 46.3 Å². The van der Waals surface area contributed by atoms with Crippen LogP contribution in [0.3, 0.4) is 0 Å². The molecule has 0 heterocycles. The fourth-order valence-corrected chi connectivity index (χ4v) is 9.10. The molecule has 0 saturated heterocycles.